The van der Waals surface area contributed by atoms with Crippen molar-refractivity contribution in [3.05, 3.63) is 93.5 Å². The fourth-order valence-corrected chi connectivity index (χ4v) is 6.29. The van der Waals surface area contributed by atoms with Crippen LogP contribution in [0.15, 0.2) is 71.2 Å². The summed E-state index contributed by atoms with van der Waals surface area (Å²) in [6.07, 6.45) is 2.40. The van der Waals surface area contributed by atoms with E-state index >= 15 is 0 Å². The molecule has 1 saturated heterocycles. The van der Waals surface area contributed by atoms with Gasteiger partial charge in [-0.3, -0.25) is 0 Å². The molecule has 0 spiro atoms. The zero-order valence-corrected chi connectivity index (χ0v) is 23.5. The first-order valence-electron chi connectivity index (χ1n) is 13.4. The lowest BCUT2D eigenvalue weighted by atomic mass is 9.74. The normalized spacial score (nSPS) is 25.8. The number of benzene rings is 3. The quantitative estimate of drug-likeness (QED) is 0.310. The lowest BCUT2D eigenvalue weighted by Crippen LogP contribution is -2.40. The molecule has 5 atom stereocenters. The molecule has 0 aliphatic carbocycles. The minimum absolute atomic E-state index is 0.145. The Morgan fingerprint density at radius 1 is 0.889 bits per heavy atom. The largest absolute Gasteiger partial charge is 0.490 e. The third-order valence-electron chi connectivity index (χ3n) is 8.44. The van der Waals surface area contributed by atoms with Crippen molar-refractivity contribution in [3.63, 3.8) is 0 Å². The van der Waals surface area contributed by atoms with Gasteiger partial charge in [0.1, 0.15) is 12.4 Å². The van der Waals surface area contributed by atoms with Gasteiger partial charge in [0.05, 0.1) is 24.4 Å². The van der Waals surface area contributed by atoms with Crippen LogP contribution in [-0.2, 0) is 17.7 Å². The van der Waals surface area contributed by atoms with E-state index in [0.717, 1.165) is 42.8 Å². The van der Waals surface area contributed by atoms with Crippen LogP contribution in [0.25, 0.3) is 0 Å². The Hall–Kier alpha value is -2.30. The van der Waals surface area contributed by atoms with Crippen molar-refractivity contribution in [2.24, 2.45) is 17.8 Å². The van der Waals surface area contributed by atoms with Crippen LogP contribution in [-0.4, -0.2) is 19.3 Å². The molecule has 3 aromatic carbocycles. The minimum Gasteiger partial charge on any atom is -0.490 e. The second-order valence-corrected chi connectivity index (χ2v) is 11.5. The summed E-state index contributed by atoms with van der Waals surface area (Å²) in [7, 11) is 0. The van der Waals surface area contributed by atoms with E-state index in [9.17, 15) is 0 Å². The second kappa shape index (κ2) is 11.0. The van der Waals surface area contributed by atoms with E-state index < -0.39 is 0 Å². The number of nitrogens with zero attached hydrogens (tertiary/aromatic N) is 1. The van der Waals surface area contributed by atoms with Gasteiger partial charge in [-0.25, -0.2) is 0 Å². The molecule has 36 heavy (non-hydrogen) atoms. The molecule has 0 amide bonds. The molecule has 0 bridgehead atoms. The van der Waals surface area contributed by atoms with Gasteiger partial charge in [0.2, 0.25) is 0 Å². The topological polar surface area (TPSA) is 21.7 Å². The monoisotopic (exact) mass is 547 g/mol. The summed E-state index contributed by atoms with van der Waals surface area (Å²) in [6, 6.07) is 24.1. The van der Waals surface area contributed by atoms with Gasteiger partial charge in [0.25, 0.3) is 0 Å². The summed E-state index contributed by atoms with van der Waals surface area (Å²) < 4.78 is 13.8. The molecule has 5 rings (SSSR count). The minimum atomic E-state index is 0.145. The maximum atomic E-state index is 6.67. The summed E-state index contributed by atoms with van der Waals surface area (Å²) in [4.78, 5) is 2.44. The van der Waals surface area contributed by atoms with Crippen LogP contribution in [0.5, 0.6) is 5.75 Å². The maximum absolute atomic E-state index is 6.67. The van der Waals surface area contributed by atoms with Crippen LogP contribution >= 0.6 is 15.9 Å². The average molecular weight is 549 g/mol. The summed E-state index contributed by atoms with van der Waals surface area (Å²) in [6.45, 7) is 11.9. The van der Waals surface area contributed by atoms with Gasteiger partial charge in [-0.1, -0.05) is 92.2 Å². The third kappa shape index (κ3) is 5.21. The lowest BCUT2D eigenvalue weighted by Gasteiger charge is -2.44. The number of anilines is 1. The van der Waals surface area contributed by atoms with Gasteiger partial charge >= 0.3 is 0 Å². The molecule has 2 aliphatic rings. The Bertz CT molecular complexity index is 1180. The highest BCUT2D eigenvalue weighted by atomic mass is 79.9. The predicted octanol–water partition coefficient (Wildman–Crippen LogP) is 8.20. The average Bonchev–Trinajstić information content (AvgIpc) is 2.90. The Kier molecular flexibility index (Phi) is 7.73. The second-order valence-electron chi connectivity index (χ2n) is 10.7. The van der Waals surface area contributed by atoms with Crippen LogP contribution < -0.4 is 9.64 Å². The standard InChI is InChI=1S/C32H38BrNO2/c1-5-30-22(3)21(2)23(4)32(36-30)26-12-13-28(33)27(19-26)17-25-11-14-31-29(18-25)34(15-16-35-31)20-24-9-7-6-8-10-24/h6-14,18-19,21-23,30,32H,5,15-17,20H2,1-4H3/t21-,22-,23+,30+,32+/m0/s1. The van der Waals surface area contributed by atoms with Gasteiger partial charge in [0.15, 0.2) is 0 Å². The first-order valence-corrected chi connectivity index (χ1v) is 14.2. The zero-order valence-electron chi connectivity index (χ0n) is 21.9. The van der Waals surface area contributed by atoms with E-state index in [1.807, 2.05) is 0 Å². The fraction of sp³-hybridized carbons (Fsp3) is 0.438. The van der Waals surface area contributed by atoms with Crippen LogP contribution in [0.2, 0.25) is 0 Å². The molecule has 190 valence electrons. The Balaban J connectivity index is 1.39. The van der Waals surface area contributed by atoms with E-state index in [4.69, 9.17) is 9.47 Å². The molecule has 3 nitrogen and oxygen atoms in total. The molecule has 1 fully saturated rings. The predicted molar refractivity (Wildman–Crippen MR) is 152 cm³/mol. The first-order chi connectivity index (χ1) is 17.4. The molecule has 2 aliphatic heterocycles. The lowest BCUT2D eigenvalue weighted by molar-refractivity contribution is -0.136. The molecule has 2 heterocycles. The van der Waals surface area contributed by atoms with Crippen molar-refractivity contribution in [1.82, 2.24) is 0 Å². The summed E-state index contributed by atoms with van der Waals surface area (Å²) in [5.74, 6) is 2.70. The Morgan fingerprint density at radius 2 is 1.69 bits per heavy atom. The van der Waals surface area contributed by atoms with E-state index in [1.165, 1.54) is 27.9 Å². The van der Waals surface area contributed by atoms with Crippen LogP contribution in [0.3, 0.4) is 0 Å². The van der Waals surface area contributed by atoms with Crippen molar-refractivity contribution in [2.75, 3.05) is 18.1 Å². The van der Waals surface area contributed by atoms with Gasteiger partial charge in [-0.05, 0) is 71.0 Å². The van der Waals surface area contributed by atoms with Crippen molar-refractivity contribution >= 4 is 21.6 Å². The Labute approximate surface area is 224 Å². The number of hydrogen-bond acceptors (Lipinski definition) is 3. The summed E-state index contributed by atoms with van der Waals surface area (Å²) in [5, 5.41) is 0. The number of hydrogen-bond donors (Lipinski definition) is 0. The Morgan fingerprint density at radius 3 is 2.47 bits per heavy atom. The summed E-state index contributed by atoms with van der Waals surface area (Å²) in [5.41, 5.74) is 6.40. The molecule has 0 saturated carbocycles. The van der Waals surface area contributed by atoms with Crippen molar-refractivity contribution in [1.29, 1.82) is 0 Å². The highest BCUT2D eigenvalue weighted by Gasteiger charge is 2.38. The van der Waals surface area contributed by atoms with E-state index in [-0.39, 0.29) is 6.10 Å². The number of rotatable bonds is 6. The van der Waals surface area contributed by atoms with Gasteiger partial charge in [-0.2, -0.15) is 0 Å². The van der Waals surface area contributed by atoms with Crippen molar-refractivity contribution in [2.45, 2.75) is 59.3 Å². The molecular weight excluding hydrogens is 510 g/mol. The van der Waals surface area contributed by atoms with E-state index in [0.29, 0.717) is 23.9 Å². The smallest absolute Gasteiger partial charge is 0.142 e. The third-order valence-corrected chi connectivity index (χ3v) is 9.21. The molecule has 3 aromatic rings. The number of ether oxygens (including phenoxy) is 2. The van der Waals surface area contributed by atoms with E-state index in [2.05, 4.69) is 115 Å². The molecule has 4 heteroatoms. The molecule has 0 aromatic heterocycles. The molecule has 0 unspecified atom stereocenters. The molecule has 0 radical (unpaired) electrons. The van der Waals surface area contributed by atoms with Gasteiger partial charge in [0, 0.05) is 11.0 Å². The summed E-state index contributed by atoms with van der Waals surface area (Å²) >= 11 is 3.83. The molecular formula is C32H38BrNO2. The highest BCUT2D eigenvalue weighted by Crippen LogP contribution is 2.44. The van der Waals surface area contributed by atoms with Gasteiger partial charge < -0.3 is 14.4 Å². The molecule has 0 N–H and O–H groups in total. The van der Waals surface area contributed by atoms with Crippen LogP contribution in [0.4, 0.5) is 5.69 Å². The van der Waals surface area contributed by atoms with Crippen molar-refractivity contribution < 1.29 is 9.47 Å². The fourth-order valence-electron chi connectivity index (χ4n) is 5.90. The van der Waals surface area contributed by atoms with E-state index in [1.54, 1.807) is 0 Å². The van der Waals surface area contributed by atoms with Crippen LogP contribution in [0.1, 0.15) is 62.5 Å². The number of fused-ring (bicyclic) bond motifs is 1. The number of halogens is 1. The van der Waals surface area contributed by atoms with Crippen LogP contribution in [0, 0.1) is 17.8 Å². The van der Waals surface area contributed by atoms with Gasteiger partial charge in [-0.15, -0.1) is 0 Å². The maximum Gasteiger partial charge on any atom is 0.142 e. The zero-order chi connectivity index (χ0) is 25.2. The first kappa shape index (κ1) is 25.4. The SMILES string of the molecule is CC[C@H]1O[C@@H](c2ccc(Br)c(Cc3ccc4c(c3)N(Cc3ccccc3)CCO4)c2)[C@H](C)[C@@H](C)[C@@H]1C. The van der Waals surface area contributed by atoms with Crippen molar-refractivity contribution in [3.8, 4) is 5.75 Å². The highest BCUT2D eigenvalue weighted by molar-refractivity contribution is 9.10.